The topological polar surface area (TPSA) is 45.2 Å². The summed E-state index contributed by atoms with van der Waals surface area (Å²) in [6.07, 6.45) is 12.1. The lowest BCUT2D eigenvalue weighted by atomic mass is 9.77. The Bertz CT molecular complexity index is 989. The Balaban J connectivity index is 1.72. The maximum absolute atomic E-state index is 4.78. The predicted octanol–water partition coefficient (Wildman–Crippen LogP) is 5.80. The van der Waals surface area contributed by atoms with Crippen LogP contribution in [0.25, 0.3) is 0 Å². The van der Waals surface area contributed by atoms with Crippen LogP contribution >= 0.6 is 0 Å². The maximum Gasteiger partial charge on any atom is 0.178 e. The highest BCUT2D eigenvalue weighted by Crippen LogP contribution is 2.51. The lowest BCUT2D eigenvalue weighted by molar-refractivity contribution is 0.346. The molecule has 0 bridgehead atoms. The molecule has 0 amide bonds. The van der Waals surface area contributed by atoms with Crippen molar-refractivity contribution in [3.05, 3.63) is 66.7 Å². The first kappa shape index (κ1) is 18.1. The van der Waals surface area contributed by atoms with Crippen LogP contribution in [0.2, 0.25) is 0 Å². The molecule has 1 aromatic carbocycles. The molecule has 5 heteroatoms. The molecule has 5 rings (SSSR count). The second-order valence-corrected chi connectivity index (χ2v) is 7.95. The van der Waals surface area contributed by atoms with Crippen LogP contribution in [0.5, 0.6) is 0 Å². The molecule has 3 aromatic rings. The van der Waals surface area contributed by atoms with Gasteiger partial charge in [-0.1, -0.05) is 38.5 Å². The molecule has 0 saturated heterocycles. The van der Waals surface area contributed by atoms with Crippen LogP contribution in [-0.4, -0.2) is 21.1 Å². The highest BCUT2D eigenvalue weighted by atomic mass is 15.5. The Morgan fingerprint density at radius 2 is 1.66 bits per heavy atom. The summed E-state index contributed by atoms with van der Waals surface area (Å²) in [5, 5.41) is 0. The van der Waals surface area contributed by atoms with Crippen LogP contribution in [0, 0.1) is 5.92 Å². The van der Waals surface area contributed by atoms with E-state index in [2.05, 4.69) is 59.0 Å². The van der Waals surface area contributed by atoms with Gasteiger partial charge in [-0.05, 0) is 54.9 Å². The number of hydrogen-bond donors (Lipinski definition) is 0. The number of nitrogens with zero attached hydrogens (tertiary/aromatic N) is 5. The van der Waals surface area contributed by atoms with E-state index >= 15 is 0 Å². The highest BCUT2D eigenvalue weighted by molar-refractivity contribution is 5.84. The molecule has 2 aliphatic heterocycles. The number of fused-ring (bicyclic) bond motifs is 5. The summed E-state index contributed by atoms with van der Waals surface area (Å²) in [6.45, 7) is 4.66. The molecule has 4 heterocycles. The van der Waals surface area contributed by atoms with Gasteiger partial charge in [0.15, 0.2) is 11.6 Å². The van der Waals surface area contributed by atoms with Crippen molar-refractivity contribution in [2.75, 3.05) is 9.80 Å². The number of aromatic nitrogens is 3. The Morgan fingerprint density at radius 3 is 2.38 bits per heavy atom. The Morgan fingerprint density at radius 1 is 0.862 bits per heavy atom. The zero-order chi connectivity index (χ0) is 19.8. The number of hydrogen-bond acceptors (Lipinski definition) is 5. The van der Waals surface area contributed by atoms with Crippen LogP contribution in [0.1, 0.15) is 51.0 Å². The third-order valence-corrected chi connectivity index (χ3v) is 6.56. The molecule has 0 N–H and O–H groups in total. The first-order valence-electron chi connectivity index (χ1n) is 10.7. The average Bonchev–Trinajstić information content (AvgIpc) is 3.09. The van der Waals surface area contributed by atoms with Crippen molar-refractivity contribution < 1.29 is 0 Å². The van der Waals surface area contributed by atoms with E-state index in [0.29, 0.717) is 11.8 Å². The van der Waals surface area contributed by atoms with E-state index < -0.39 is 0 Å². The zero-order valence-electron chi connectivity index (χ0n) is 17.1. The van der Waals surface area contributed by atoms with E-state index in [0.717, 1.165) is 30.2 Å². The van der Waals surface area contributed by atoms with E-state index in [9.17, 15) is 0 Å². The van der Waals surface area contributed by atoms with Gasteiger partial charge in [0.1, 0.15) is 6.17 Å². The molecule has 0 aliphatic carbocycles. The van der Waals surface area contributed by atoms with Gasteiger partial charge in [-0.15, -0.1) is 0 Å². The number of pyridine rings is 1. The van der Waals surface area contributed by atoms with Gasteiger partial charge >= 0.3 is 0 Å². The third-order valence-electron chi connectivity index (χ3n) is 6.56. The molecule has 0 saturated carbocycles. The molecule has 3 unspecified atom stereocenters. The lowest BCUT2D eigenvalue weighted by Crippen LogP contribution is -2.41. The summed E-state index contributed by atoms with van der Waals surface area (Å²) < 4.78 is 0. The molecular weight excluding hydrogens is 358 g/mol. The summed E-state index contributed by atoms with van der Waals surface area (Å²) in [5.41, 5.74) is 3.78. The summed E-state index contributed by atoms with van der Waals surface area (Å²) in [6, 6.07) is 13.0. The van der Waals surface area contributed by atoms with Gasteiger partial charge in [0.25, 0.3) is 0 Å². The number of para-hydroxylation sites is 1. The lowest BCUT2D eigenvalue weighted by Gasteiger charge is -2.39. The van der Waals surface area contributed by atoms with E-state index in [1.54, 1.807) is 12.4 Å². The fourth-order valence-corrected chi connectivity index (χ4v) is 5.27. The monoisotopic (exact) mass is 385 g/mol. The molecule has 3 atom stereocenters. The van der Waals surface area contributed by atoms with Crippen molar-refractivity contribution >= 4 is 23.0 Å². The van der Waals surface area contributed by atoms with Crippen LogP contribution < -0.4 is 9.80 Å². The first-order chi connectivity index (χ1) is 14.3. The van der Waals surface area contributed by atoms with Crippen LogP contribution in [0.4, 0.5) is 23.0 Å². The van der Waals surface area contributed by atoms with Gasteiger partial charge in [-0.2, -0.15) is 0 Å². The maximum atomic E-state index is 4.78. The van der Waals surface area contributed by atoms with Gasteiger partial charge in [0.05, 0.1) is 11.9 Å². The van der Waals surface area contributed by atoms with Gasteiger partial charge in [-0.3, -0.25) is 4.98 Å². The second kappa shape index (κ2) is 7.47. The molecule has 2 aliphatic rings. The van der Waals surface area contributed by atoms with Gasteiger partial charge in [-0.25, -0.2) is 9.97 Å². The number of anilines is 4. The quantitative estimate of drug-likeness (QED) is 0.570. The Hall–Kier alpha value is -2.95. The number of benzene rings is 1. The van der Waals surface area contributed by atoms with Crippen LogP contribution in [0.15, 0.2) is 61.2 Å². The molecule has 0 spiro atoms. The smallest absolute Gasteiger partial charge is 0.178 e. The molecule has 0 fully saturated rings. The van der Waals surface area contributed by atoms with Gasteiger partial charge < -0.3 is 9.80 Å². The van der Waals surface area contributed by atoms with Crippen molar-refractivity contribution in [1.29, 1.82) is 0 Å². The molecule has 0 radical (unpaired) electrons. The Kier molecular flexibility index (Phi) is 4.66. The van der Waals surface area contributed by atoms with Crippen molar-refractivity contribution in [3.63, 3.8) is 0 Å². The highest BCUT2D eigenvalue weighted by Gasteiger charge is 2.43. The number of rotatable bonds is 3. The minimum absolute atomic E-state index is 0.157. The largest absolute Gasteiger partial charge is 0.302 e. The minimum Gasteiger partial charge on any atom is -0.302 e. The summed E-state index contributed by atoms with van der Waals surface area (Å²) in [5.74, 6) is 3.12. The van der Waals surface area contributed by atoms with Crippen LogP contribution in [-0.2, 0) is 0 Å². The van der Waals surface area contributed by atoms with Crippen molar-refractivity contribution in [1.82, 2.24) is 15.0 Å². The minimum atomic E-state index is 0.157. The SMILES string of the molecule is CCC1CCC2N(c3cccnc3)c3nccnc3N2c2ccccc2C1CC. The summed E-state index contributed by atoms with van der Waals surface area (Å²) in [7, 11) is 0. The van der Waals surface area contributed by atoms with E-state index in [-0.39, 0.29) is 6.17 Å². The normalized spacial score (nSPS) is 23.0. The zero-order valence-corrected chi connectivity index (χ0v) is 17.1. The second-order valence-electron chi connectivity index (χ2n) is 7.95. The Labute approximate surface area is 172 Å². The molecule has 148 valence electrons. The third kappa shape index (κ3) is 2.87. The molecule has 29 heavy (non-hydrogen) atoms. The van der Waals surface area contributed by atoms with E-state index in [1.165, 1.54) is 24.1 Å². The van der Waals surface area contributed by atoms with Gasteiger partial charge in [0.2, 0.25) is 0 Å². The van der Waals surface area contributed by atoms with Crippen molar-refractivity contribution in [2.24, 2.45) is 5.92 Å². The molecule has 5 nitrogen and oxygen atoms in total. The van der Waals surface area contributed by atoms with Crippen LogP contribution in [0.3, 0.4) is 0 Å². The summed E-state index contributed by atoms with van der Waals surface area (Å²) >= 11 is 0. The fraction of sp³-hybridized carbons (Fsp3) is 0.375. The first-order valence-corrected chi connectivity index (χ1v) is 10.7. The van der Waals surface area contributed by atoms with Crippen molar-refractivity contribution in [2.45, 2.75) is 51.6 Å². The van der Waals surface area contributed by atoms with Gasteiger partial charge in [0, 0.05) is 24.3 Å². The predicted molar refractivity (Wildman–Crippen MR) is 117 cm³/mol. The molecular formula is C24H27N5. The molecule has 2 aromatic heterocycles. The fourth-order valence-electron chi connectivity index (χ4n) is 5.27. The van der Waals surface area contributed by atoms with Crippen molar-refractivity contribution in [3.8, 4) is 0 Å². The summed E-state index contributed by atoms with van der Waals surface area (Å²) in [4.78, 5) is 18.6. The van der Waals surface area contributed by atoms with E-state index in [4.69, 9.17) is 9.97 Å². The van der Waals surface area contributed by atoms with E-state index in [1.807, 2.05) is 18.5 Å². The average molecular weight is 386 g/mol. The standard InChI is InChI=1S/C24H27N5/c1-3-17-11-12-22-28(18-8-7-13-25-16-18)23-24(27-15-14-26-23)29(22)21-10-6-5-9-20(21)19(17)4-2/h5-10,13-17,19,22H,3-4,11-12H2,1-2H3.